The molecule has 0 amide bonds. The molecule has 19 heavy (non-hydrogen) atoms. The molecular formula is C14H18O5. The Hall–Kier alpha value is -1.88. The molecule has 1 rings (SSSR count). The van der Waals surface area contributed by atoms with E-state index >= 15 is 0 Å². The van der Waals surface area contributed by atoms with E-state index in [4.69, 9.17) is 14.9 Å². The fraction of sp³-hybridized carbons (Fsp3) is 0.429. The lowest BCUT2D eigenvalue weighted by Gasteiger charge is -2.18. The number of carboxylic acids is 2. The van der Waals surface area contributed by atoms with Crippen LogP contribution in [0.25, 0.3) is 0 Å². The number of aryl methyl sites for hydroxylation is 1. The van der Waals surface area contributed by atoms with Gasteiger partial charge in [-0.15, -0.1) is 0 Å². The van der Waals surface area contributed by atoms with E-state index in [-0.39, 0.29) is 6.42 Å². The van der Waals surface area contributed by atoms with Gasteiger partial charge in [0.05, 0.1) is 5.92 Å². The van der Waals surface area contributed by atoms with E-state index in [1.165, 1.54) is 7.11 Å². The van der Waals surface area contributed by atoms with Crippen molar-refractivity contribution in [2.45, 2.75) is 25.4 Å². The summed E-state index contributed by atoms with van der Waals surface area (Å²) in [4.78, 5) is 22.0. The maximum atomic E-state index is 11.1. The third-order valence-electron chi connectivity index (χ3n) is 3.00. The number of aliphatic carboxylic acids is 2. The van der Waals surface area contributed by atoms with Crippen LogP contribution in [0.5, 0.6) is 0 Å². The average molecular weight is 266 g/mol. The Morgan fingerprint density at radius 2 is 1.79 bits per heavy atom. The fourth-order valence-electron chi connectivity index (χ4n) is 2.01. The Balaban J connectivity index is 2.55. The number of benzene rings is 1. The van der Waals surface area contributed by atoms with E-state index in [1.54, 1.807) is 0 Å². The maximum absolute atomic E-state index is 11.1. The summed E-state index contributed by atoms with van der Waals surface area (Å²) in [6.07, 6.45) is 0.303. The molecule has 0 aliphatic heterocycles. The average Bonchev–Trinajstić information content (AvgIpc) is 2.38. The van der Waals surface area contributed by atoms with Gasteiger partial charge in [-0.05, 0) is 24.8 Å². The summed E-state index contributed by atoms with van der Waals surface area (Å²) in [6.45, 7) is 0. The zero-order valence-electron chi connectivity index (χ0n) is 10.8. The molecule has 0 unspecified atom stereocenters. The number of rotatable bonds is 8. The lowest BCUT2D eigenvalue weighted by molar-refractivity contribution is -0.162. The Kier molecular flexibility index (Phi) is 6.02. The van der Waals surface area contributed by atoms with Crippen molar-refractivity contribution >= 4 is 11.9 Å². The number of carboxylic acid groups (broad SMARTS) is 2. The van der Waals surface area contributed by atoms with Crippen molar-refractivity contribution in [2.24, 2.45) is 5.92 Å². The summed E-state index contributed by atoms with van der Waals surface area (Å²) in [6, 6.07) is 9.66. The topological polar surface area (TPSA) is 83.8 Å². The predicted octanol–water partition coefficient (Wildman–Crippen LogP) is 1.81. The zero-order chi connectivity index (χ0) is 14.3. The molecule has 0 fully saturated rings. The van der Waals surface area contributed by atoms with Gasteiger partial charge in [0.25, 0.3) is 0 Å². The molecule has 2 atom stereocenters. The van der Waals surface area contributed by atoms with E-state index in [2.05, 4.69) is 0 Å². The SMILES string of the molecule is CO[C@H](C(=O)O)[C@@H](CCCc1ccccc1)C(=O)O. The van der Waals surface area contributed by atoms with Gasteiger partial charge < -0.3 is 14.9 Å². The second-order valence-corrected chi connectivity index (χ2v) is 4.32. The Labute approximate surface area is 111 Å². The van der Waals surface area contributed by atoms with E-state index in [0.29, 0.717) is 6.42 Å². The zero-order valence-corrected chi connectivity index (χ0v) is 10.8. The molecule has 1 aromatic rings. The predicted molar refractivity (Wildman–Crippen MR) is 68.9 cm³/mol. The first-order chi connectivity index (χ1) is 9.06. The van der Waals surface area contributed by atoms with Gasteiger partial charge in [-0.3, -0.25) is 4.79 Å². The highest BCUT2D eigenvalue weighted by Crippen LogP contribution is 2.17. The quantitative estimate of drug-likeness (QED) is 0.749. The molecule has 0 saturated carbocycles. The third kappa shape index (κ3) is 4.71. The fourth-order valence-corrected chi connectivity index (χ4v) is 2.01. The van der Waals surface area contributed by atoms with Gasteiger partial charge in [0.2, 0.25) is 0 Å². The highest BCUT2D eigenvalue weighted by Gasteiger charge is 2.33. The molecule has 0 aromatic heterocycles. The number of hydrogen-bond acceptors (Lipinski definition) is 3. The second-order valence-electron chi connectivity index (χ2n) is 4.32. The van der Waals surface area contributed by atoms with Crippen molar-refractivity contribution in [3.63, 3.8) is 0 Å². The summed E-state index contributed by atoms with van der Waals surface area (Å²) in [5.74, 6) is -3.40. The molecule has 5 nitrogen and oxygen atoms in total. The lowest BCUT2D eigenvalue weighted by Crippen LogP contribution is -2.36. The lowest BCUT2D eigenvalue weighted by atomic mass is 9.94. The smallest absolute Gasteiger partial charge is 0.333 e. The number of hydrogen-bond donors (Lipinski definition) is 2. The standard InChI is InChI=1S/C14H18O5/c1-19-12(14(17)18)11(13(15)16)9-5-8-10-6-3-2-4-7-10/h2-4,6-7,11-12H,5,8-9H2,1H3,(H,15,16)(H,17,18)/t11-,12+/m1/s1. The molecule has 0 radical (unpaired) electrons. The Morgan fingerprint density at radius 1 is 1.16 bits per heavy atom. The highest BCUT2D eigenvalue weighted by molar-refractivity contribution is 5.81. The number of methoxy groups -OCH3 is 1. The molecule has 0 heterocycles. The summed E-state index contributed by atoms with van der Waals surface area (Å²) in [5, 5.41) is 18.0. The molecule has 1 aromatic carbocycles. The first kappa shape index (κ1) is 15.2. The molecule has 0 spiro atoms. The molecular weight excluding hydrogens is 248 g/mol. The summed E-state index contributed by atoms with van der Waals surface area (Å²) in [5.41, 5.74) is 1.11. The monoisotopic (exact) mass is 266 g/mol. The Bertz CT molecular complexity index is 415. The molecule has 0 bridgehead atoms. The molecule has 0 saturated heterocycles. The normalized spacial score (nSPS) is 13.7. The van der Waals surface area contributed by atoms with Crippen molar-refractivity contribution in [1.82, 2.24) is 0 Å². The van der Waals surface area contributed by atoms with Gasteiger partial charge in [-0.2, -0.15) is 0 Å². The molecule has 0 aliphatic carbocycles. The molecule has 104 valence electrons. The van der Waals surface area contributed by atoms with Gasteiger partial charge in [0, 0.05) is 7.11 Å². The molecule has 0 aliphatic rings. The van der Waals surface area contributed by atoms with Crippen LogP contribution in [0.4, 0.5) is 0 Å². The molecule has 5 heteroatoms. The van der Waals surface area contributed by atoms with Crippen molar-refractivity contribution in [3.8, 4) is 0 Å². The van der Waals surface area contributed by atoms with Crippen LogP contribution in [0.2, 0.25) is 0 Å². The summed E-state index contributed by atoms with van der Waals surface area (Å²) in [7, 11) is 1.21. The third-order valence-corrected chi connectivity index (χ3v) is 3.00. The van der Waals surface area contributed by atoms with Gasteiger partial charge >= 0.3 is 11.9 Å². The van der Waals surface area contributed by atoms with Crippen LogP contribution in [0.15, 0.2) is 30.3 Å². The van der Waals surface area contributed by atoms with E-state index in [9.17, 15) is 9.59 Å². The van der Waals surface area contributed by atoms with Crippen molar-refractivity contribution < 1.29 is 24.5 Å². The van der Waals surface area contributed by atoms with Gasteiger partial charge in [-0.25, -0.2) is 4.79 Å². The van der Waals surface area contributed by atoms with E-state index in [0.717, 1.165) is 12.0 Å². The maximum Gasteiger partial charge on any atom is 0.333 e. The van der Waals surface area contributed by atoms with Crippen LogP contribution in [0.3, 0.4) is 0 Å². The second kappa shape index (κ2) is 7.53. The highest BCUT2D eigenvalue weighted by atomic mass is 16.5. The minimum atomic E-state index is -1.30. The summed E-state index contributed by atoms with van der Waals surface area (Å²) >= 11 is 0. The van der Waals surface area contributed by atoms with Crippen LogP contribution in [-0.2, 0) is 20.7 Å². The van der Waals surface area contributed by atoms with Crippen LogP contribution < -0.4 is 0 Å². The van der Waals surface area contributed by atoms with E-state index < -0.39 is 24.0 Å². The van der Waals surface area contributed by atoms with Crippen LogP contribution in [0.1, 0.15) is 18.4 Å². The van der Waals surface area contributed by atoms with Crippen LogP contribution in [0, 0.1) is 5.92 Å². The van der Waals surface area contributed by atoms with Gasteiger partial charge in [-0.1, -0.05) is 30.3 Å². The van der Waals surface area contributed by atoms with Crippen LogP contribution in [-0.4, -0.2) is 35.4 Å². The first-order valence-corrected chi connectivity index (χ1v) is 6.08. The van der Waals surface area contributed by atoms with E-state index in [1.807, 2.05) is 30.3 Å². The van der Waals surface area contributed by atoms with Crippen molar-refractivity contribution in [1.29, 1.82) is 0 Å². The van der Waals surface area contributed by atoms with Crippen molar-refractivity contribution in [3.05, 3.63) is 35.9 Å². The molecule has 2 N–H and O–H groups in total. The number of carbonyl (C=O) groups is 2. The number of ether oxygens (including phenoxy) is 1. The minimum absolute atomic E-state index is 0.273. The van der Waals surface area contributed by atoms with Gasteiger partial charge in [0.15, 0.2) is 6.10 Å². The van der Waals surface area contributed by atoms with Gasteiger partial charge in [0.1, 0.15) is 0 Å². The first-order valence-electron chi connectivity index (χ1n) is 6.08. The minimum Gasteiger partial charge on any atom is -0.481 e. The Morgan fingerprint density at radius 3 is 2.26 bits per heavy atom. The van der Waals surface area contributed by atoms with Crippen molar-refractivity contribution in [2.75, 3.05) is 7.11 Å². The summed E-state index contributed by atoms with van der Waals surface area (Å²) < 4.78 is 4.76. The largest absolute Gasteiger partial charge is 0.481 e. The van der Waals surface area contributed by atoms with Crippen LogP contribution >= 0.6 is 0 Å².